The van der Waals surface area contributed by atoms with E-state index < -0.39 is 0 Å². The Morgan fingerprint density at radius 3 is 2.66 bits per heavy atom. The van der Waals surface area contributed by atoms with Gasteiger partial charge in [-0.1, -0.05) is 54.6 Å². The second-order valence-electron chi connectivity index (χ2n) is 7.93. The topological polar surface area (TPSA) is 45.2 Å². The van der Waals surface area contributed by atoms with Crippen LogP contribution in [0.4, 0.5) is 5.82 Å². The molecule has 2 aromatic carbocycles. The Bertz CT molecular complexity index is 1050. The number of pyridine rings is 1. The van der Waals surface area contributed by atoms with Crippen molar-refractivity contribution in [3.8, 4) is 0 Å². The van der Waals surface area contributed by atoms with E-state index in [0.717, 1.165) is 43.7 Å². The van der Waals surface area contributed by atoms with Crippen LogP contribution < -0.4 is 10.2 Å². The van der Waals surface area contributed by atoms with Crippen LogP contribution in [0.2, 0.25) is 0 Å². The van der Waals surface area contributed by atoms with Gasteiger partial charge in [0.2, 0.25) is 5.91 Å². The molecule has 0 bridgehead atoms. The molecule has 0 fully saturated rings. The molecule has 0 radical (unpaired) electrons. The maximum Gasteiger partial charge on any atom is 0.227 e. The molecular formula is C25H25N3O. The normalized spacial score (nSPS) is 17.5. The zero-order valence-electron chi connectivity index (χ0n) is 16.5. The maximum atomic E-state index is 12.9. The van der Waals surface area contributed by atoms with Crippen LogP contribution in [0.5, 0.6) is 0 Å². The highest BCUT2D eigenvalue weighted by Crippen LogP contribution is 2.33. The molecule has 29 heavy (non-hydrogen) atoms. The fraction of sp³-hybridized carbons (Fsp3) is 0.280. The first kappa shape index (κ1) is 17.9. The van der Waals surface area contributed by atoms with E-state index in [0.29, 0.717) is 6.54 Å². The lowest BCUT2D eigenvalue weighted by atomic mass is 9.99. The molecule has 4 heteroatoms. The van der Waals surface area contributed by atoms with Crippen molar-refractivity contribution in [2.24, 2.45) is 0 Å². The average molecular weight is 383 g/mol. The Kier molecular flexibility index (Phi) is 4.76. The van der Waals surface area contributed by atoms with Gasteiger partial charge in [0.15, 0.2) is 0 Å². The SMILES string of the molecule is O=C(NCc1cccnc1N1CCc2ccccc2C1)[C@H]1CCc2ccccc21. The van der Waals surface area contributed by atoms with Gasteiger partial charge in [-0.05, 0) is 47.6 Å². The van der Waals surface area contributed by atoms with Crippen LogP contribution in [-0.2, 0) is 30.7 Å². The van der Waals surface area contributed by atoms with Crippen molar-refractivity contribution in [3.05, 3.63) is 94.7 Å². The number of benzene rings is 2. The zero-order valence-corrected chi connectivity index (χ0v) is 16.5. The van der Waals surface area contributed by atoms with E-state index in [1.165, 1.54) is 22.3 Å². The zero-order chi connectivity index (χ0) is 19.6. The van der Waals surface area contributed by atoms with Crippen LogP contribution in [0.15, 0.2) is 66.9 Å². The van der Waals surface area contributed by atoms with Gasteiger partial charge >= 0.3 is 0 Å². The van der Waals surface area contributed by atoms with Crippen molar-refractivity contribution >= 4 is 11.7 Å². The van der Waals surface area contributed by atoms with Crippen molar-refractivity contribution in [3.63, 3.8) is 0 Å². The van der Waals surface area contributed by atoms with Crippen LogP contribution in [-0.4, -0.2) is 17.4 Å². The third-order valence-corrected chi connectivity index (χ3v) is 6.20. The van der Waals surface area contributed by atoms with Gasteiger partial charge in [-0.2, -0.15) is 0 Å². The summed E-state index contributed by atoms with van der Waals surface area (Å²) in [6.07, 6.45) is 4.75. The fourth-order valence-corrected chi connectivity index (χ4v) is 4.66. The minimum atomic E-state index is -0.0341. The summed E-state index contributed by atoms with van der Waals surface area (Å²) in [5, 5.41) is 3.17. The molecule has 146 valence electrons. The van der Waals surface area contributed by atoms with Crippen molar-refractivity contribution in [2.75, 3.05) is 11.4 Å². The predicted molar refractivity (Wildman–Crippen MR) is 115 cm³/mol. The molecule has 1 aliphatic carbocycles. The van der Waals surface area contributed by atoms with E-state index in [1.54, 1.807) is 0 Å². The highest BCUT2D eigenvalue weighted by Gasteiger charge is 2.28. The Morgan fingerprint density at radius 2 is 1.76 bits per heavy atom. The van der Waals surface area contributed by atoms with Crippen LogP contribution in [0.3, 0.4) is 0 Å². The number of hydrogen-bond acceptors (Lipinski definition) is 3. The monoisotopic (exact) mass is 383 g/mol. The molecule has 1 atom stereocenters. The van der Waals surface area contributed by atoms with Gasteiger partial charge in [0.05, 0.1) is 5.92 Å². The van der Waals surface area contributed by atoms with Gasteiger partial charge in [0.25, 0.3) is 0 Å². The molecule has 3 aromatic rings. The van der Waals surface area contributed by atoms with E-state index in [9.17, 15) is 4.79 Å². The minimum Gasteiger partial charge on any atom is -0.352 e. The lowest BCUT2D eigenvalue weighted by Crippen LogP contribution is -2.33. The van der Waals surface area contributed by atoms with E-state index in [2.05, 4.69) is 63.7 Å². The molecule has 1 aromatic heterocycles. The predicted octanol–water partition coefficient (Wildman–Crippen LogP) is 3.99. The average Bonchev–Trinajstić information content (AvgIpc) is 3.22. The van der Waals surface area contributed by atoms with E-state index >= 15 is 0 Å². The smallest absolute Gasteiger partial charge is 0.227 e. The third-order valence-electron chi connectivity index (χ3n) is 6.20. The highest BCUT2D eigenvalue weighted by molar-refractivity contribution is 5.85. The van der Waals surface area contributed by atoms with Crippen molar-refractivity contribution in [2.45, 2.75) is 38.3 Å². The van der Waals surface area contributed by atoms with E-state index in [1.807, 2.05) is 18.3 Å². The van der Waals surface area contributed by atoms with Gasteiger partial charge in [-0.25, -0.2) is 4.98 Å². The lowest BCUT2D eigenvalue weighted by Gasteiger charge is -2.31. The number of fused-ring (bicyclic) bond motifs is 2. The standard InChI is InChI=1S/C25H25N3O/c29-25(23-12-11-19-7-3-4-10-22(19)23)27-16-20-9-5-14-26-24(20)28-15-13-18-6-1-2-8-21(18)17-28/h1-10,14,23H,11-13,15-17H2,(H,27,29)/t23-/m0/s1. The van der Waals surface area contributed by atoms with Crippen molar-refractivity contribution in [1.82, 2.24) is 10.3 Å². The first-order valence-corrected chi connectivity index (χ1v) is 10.4. The summed E-state index contributed by atoms with van der Waals surface area (Å²) in [4.78, 5) is 19.9. The molecule has 5 rings (SSSR count). The maximum absolute atomic E-state index is 12.9. The number of carbonyl (C=O) groups excluding carboxylic acids is 1. The Morgan fingerprint density at radius 1 is 0.966 bits per heavy atom. The molecular weight excluding hydrogens is 358 g/mol. The molecule has 0 saturated carbocycles. The number of amides is 1. The van der Waals surface area contributed by atoms with Crippen LogP contribution in [0, 0.1) is 0 Å². The summed E-state index contributed by atoms with van der Waals surface area (Å²) >= 11 is 0. The molecule has 4 nitrogen and oxygen atoms in total. The summed E-state index contributed by atoms with van der Waals surface area (Å²) in [6.45, 7) is 2.33. The second-order valence-corrected chi connectivity index (χ2v) is 7.93. The number of aromatic nitrogens is 1. The van der Waals surface area contributed by atoms with Gasteiger partial charge in [0, 0.05) is 31.4 Å². The number of anilines is 1. The summed E-state index contributed by atoms with van der Waals surface area (Å²) in [5.41, 5.74) is 6.36. The Labute approximate surface area is 171 Å². The number of rotatable bonds is 4. The molecule has 0 saturated heterocycles. The molecule has 0 spiro atoms. The molecule has 1 aliphatic heterocycles. The summed E-state index contributed by atoms with van der Waals surface area (Å²) in [7, 11) is 0. The molecule has 0 unspecified atom stereocenters. The van der Waals surface area contributed by atoms with E-state index in [4.69, 9.17) is 0 Å². The Balaban J connectivity index is 1.30. The highest BCUT2D eigenvalue weighted by atomic mass is 16.1. The quantitative estimate of drug-likeness (QED) is 0.741. The number of nitrogens with zero attached hydrogens (tertiary/aromatic N) is 2. The minimum absolute atomic E-state index is 0.0341. The number of carbonyl (C=O) groups is 1. The van der Waals surface area contributed by atoms with Crippen molar-refractivity contribution < 1.29 is 4.79 Å². The van der Waals surface area contributed by atoms with Crippen LogP contribution in [0.25, 0.3) is 0 Å². The molecule has 1 amide bonds. The molecule has 1 N–H and O–H groups in total. The summed E-state index contributed by atoms with van der Waals surface area (Å²) < 4.78 is 0. The first-order valence-electron chi connectivity index (χ1n) is 10.4. The third kappa shape index (κ3) is 3.51. The second kappa shape index (κ2) is 7.70. The first-order chi connectivity index (χ1) is 14.3. The number of hydrogen-bond donors (Lipinski definition) is 1. The fourth-order valence-electron chi connectivity index (χ4n) is 4.66. The Hall–Kier alpha value is -3.14. The largest absolute Gasteiger partial charge is 0.352 e. The molecule has 2 heterocycles. The summed E-state index contributed by atoms with van der Waals surface area (Å²) in [6, 6.07) is 21.0. The van der Waals surface area contributed by atoms with Crippen LogP contribution >= 0.6 is 0 Å². The van der Waals surface area contributed by atoms with Gasteiger partial charge in [-0.15, -0.1) is 0 Å². The van der Waals surface area contributed by atoms with Gasteiger partial charge in [0.1, 0.15) is 5.82 Å². The lowest BCUT2D eigenvalue weighted by molar-refractivity contribution is -0.122. The van der Waals surface area contributed by atoms with Crippen LogP contribution in [0.1, 0.15) is 40.2 Å². The van der Waals surface area contributed by atoms with Gasteiger partial charge in [-0.3, -0.25) is 4.79 Å². The number of nitrogens with one attached hydrogen (secondary N) is 1. The van der Waals surface area contributed by atoms with E-state index in [-0.39, 0.29) is 11.8 Å². The summed E-state index contributed by atoms with van der Waals surface area (Å²) in [5.74, 6) is 1.07. The van der Waals surface area contributed by atoms with Gasteiger partial charge < -0.3 is 10.2 Å². The number of aryl methyl sites for hydroxylation is 1. The van der Waals surface area contributed by atoms with Crippen molar-refractivity contribution in [1.29, 1.82) is 0 Å². The molecule has 2 aliphatic rings.